The minimum absolute atomic E-state index is 0.225. The number of ether oxygens (including phenoxy) is 1. The second kappa shape index (κ2) is 6.22. The number of hydrogen-bond acceptors (Lipinski definition) is 3. The molecule has 0 bridgehead atoms. The number of carbonyl (C=O) groups excluding carboxylic acids is 1. The van der Waals surface area contributed by atoms with Crippen LogP contribution in [0.2, 0.25) is 0 Å². The molecule has 2 atom stereocenters. The van der Waals surface area contributed by atoms with Crippen LogP contribution in [0.4, 0.5) is 4.39 Å². The number of benzene rings is 1. The zero-order chi connectivity index (χ0) is 15.5. The lowest BCUT2D eigenvalue weighted by Crippen LogP contribution is -2.46. The molecule has 1 aromatic rings. The first-order chi connectivity index (χ1) is 9.10. The molecular formula is C15H23FN2O2. The molecule has 0 aromatic heterocycles. The van der Waals surface area contributed by atoms with E-state index < -0.39 is 6.10 Å². The van der Waals surface area contributed by atoms with Crippen molar-refractivity contribution in [2.45, 2.75) is 52.3 Å². The molecule has 4 nitrogen and oxygen atoms in total. The Kier molecular flexibility index (Phi) is 5.11. The van der Waals surface area contributed by atoms with Gasteiger partial charge < -0.3 is 15.8 Å². The minimum atomic E-state index is -0.683. The predicted molar refractivity (Wildman–Crippen MR) is 77.0 cm³/mol. The van der Waals surface area contributed by atoms with Gasteiger partial charge in [0.15, 0.2) is 6.10 Å². The van der Waals surface area contributed by atoms with E-state index in [4.69, 9.17) is 10.5 Å². The fourth-order valence-electron chi connectivity index (χ4n) is 1.70. The summed E-state index contributed by atoms with van der Waals surface area (Å²) >= 11 is 0. The van der Waals surface area contributed by atoms with Crippen LogP contribution in [0.3, 0.4) is 0 Å². The molecule has 1 amide bonds. The Morgan fingerprint density at radius 3 is 2.45 bits per heavy atom. The van der Waals surface area contributed by atoms with E-state index in [2.05, 4.69) is 5.32 Å². The van der Waals surface area contributed by atoms with E-state index in [1.54, 1.807) is 13.8 Å². The molecule has 0 radical (unpaired) electrons. The summed E-state index contributed by atoms with van der Waals surface area (Å²) in [6, 6.07) is 3.73. The van der Waals surface area contributed by atoms with Crippen LogP contribution in [-0.4, -0.2) is 17.6 Å². The standard InChI is InChI=1S/C15H23FN2O2/c1-9(17)12-8-11(16)6-7-13(12)20-10(2)14(19)18-15(3,4)5/h6-10H,17H2,1-5H3,(H,18,19). The number of carbonyl (C=O) groups is 1. The van der Waals surface area contributed by atoms with Crippen LogP contribution in [0.25, 0.3) is 0 Å². The maximum Gasteiger partial charge on any atom is 0.261 e. The van der Waals surface area contributed by atoms with Crippen LogP contribution in [0.15, 0.2) is 18.2 Å². The van der Waals surface area contributed by atoms with Crippen molar-refractivity contribution >= 4 is 5.91 Å². The molecule has 3 N–H and O–H groups in total. The summed E-state index contributed by atoms with van der Waals surface area (Å²) in [5.41, 5.74) is 6.00. The highest BCUT2D eigenvalue weighted by atomic mass is 19.1. The molecule has 0 heterocycles. The summed E-state index contributed by atoms with van der Waals surface area (Å²) < 4.78 is 18.8. The maximum atomic E-state index is 13.2. The van der Waals surface area contributed by atoms with E-state index >= 15 is 0 Å². The van der Waals surface area contributed by atoms with Crippen molar-refractivity contribution in [1.29, 1.82) is 0 Å². The Morgan fingerprint density at radius 1 is 1.35 bits per heavy atom. The molecule has 112 valence electrons. The Balaban J connectivity index is 2.85. The van der Waals surface area contributed by atoms with E-state index in [0.717, 1.165) is 0 Å². The maximum absolute atomic E-state index is 13.2. The summed E-state index contributed by atoms with van der Waals surface area (Å²) in [7, 11) is 0. The summed E-state index contributed by atoms with van der Waals surface area (Å²) in [6.07, 6.45) is -0.683. The van der Waals surface area contributed by atoms with Gasteiger partial charge in [0, 0.05) is 17.1 Å². The molecule has 2 unspecified atom stereocenters. The Morgan fingerprint density at radius 2 is 1.95 bits per heavy atom. The highest BCUT2D eigenvalue weighted by Gasteiger charge is 2.22. The molecule has 1 aromatic carbocycles. The molecule has 0 fully saturated rings. The van der Waals surface area contributed by atoms with E-state index in [-0.39, 0.29) is 23.3 Å². The number of hydrogen-bond donors (Lipinski definition) is 2. The van der Waals surface area contributed by atoms with Gasteiger partial charge in [0.05, 0.1) is 0 Å². The molecule has 0 saturated carbocycles. The van der Waals surface area contributed by atoms with Crippen LogP contribution >= 0.6 is 0 Å². The van der Waals surface area contributed by atoms with Crippen molar-refractivity contribution in [2.24, 2.45) is 5.73 Å². The average Bonchev–Trinajstić information content (AvgIpc) is 2.28. The van der Waals surface area contributed by atoms with E-state index in [9.17, 15) is 9.18 Å². The van der Waals surface area contributed by atoms with Crippen LogP contribution in [-0.2, 0) is 4.79 Å². The first-order valence-corrected chi connectivity index (χ1v) is 6.64. The van der Waals surface area contributed by atoms with Gasteiger partial charge in [-0.3, -0.25) is 4.79 Å². The second-order valence-corrected chi connectivity index (χ2v) is 5.97. The molecular weight excluding hydrogens is 259 g/mol. The monoisotopic (exact) mass is 282 g/mol. The number of rotatable bonds is 4. The normalized spacial score (nSPS) is 14.6. The van der Waals surface area contributed by atoms with Gasteiger partial charge in [-0.25, -0.2) is 4.39 Å². The number of nitrogens with two attached hydrogens (primary N) is 1. The predicted octanol–water partition coefficient (Wildman–Crippen LogP) is 2.53. The quantitative estimate of drug-likeness (QED) is 0.892. The summed E-state index contributed by atoms with van der Waals surface area (Å²) in [5, 5.41) is 2.83. The minimum Gasteiger partial charge on any atom is -0.481 e. The molecule has 5 heteroatoms. The molecule has 0 aliphatic rings. The van der Waals surface area contributed by atoms with E-state index in [0.29, 0.717) is 11.3 Å². The van der Waals surface area contributed by atoms with Crippen LogP contribution in [0.5, 0.6) is 5.75 Å². The van der Waals surface area contributed by atoms with Gasteiger partial charge in [0.2, 0.25) is 0 Å². The smallest absolute Gasteiger partial charge is 0.261 e. The fraction of sp³-hybridized carbons (Fsp3) is 0.533. The van der Waals surface area contributed by atoms with E-state index in [1.807, 2.05) is 20.8 Å². The Bertz CT molecular complexity index is 481. The largest absolute Gasteiger partial charge is 0.481 e. The number of nitrogens with one attached hydrogen (secondary N) is 1. The SMILES string of the molecule is CC(Oc1ccc(F)cc1C(C)N)C(=O)NC(C)(C)C. The van der Waals surface area contributed by atoms with Gasteiger partial charge in [-0.15, -0.1) is 0 Å². The van der Waals surface area contributed by atoms with Crippen molar-refractivity contribution < 1.29 is 13.9 Å². The topological polar surface area (TPSA) is 64.3 Å². The zero-order valence-corrected chi connectivity index (χ0v) is 12.7. The number of halogens is 1. The van der Waals surface area contributed by atoms with Gasteiger partial charge >= 0.3 is 0 Å². The van der Waals surface area contributed by atoms with Gasteiger partial charge in [0.25, 0.3) is 5.91 Å². The lowest BCUT2D eigenvalue weighted by atomic mass is 10.1. The molecule has 0 aliphatic heterocycles. The molecule has 1 rings (SSSR count). The van der Waals surface area contributed by atoms with Crippen molar-refractivity contribution in [1.82, 2.24) is 5.32 Å². The zero-order valence-electron chi connectivity index (χ0n) is 12.7. The third-order valence-electron chi connectivity index (χ3n) is 2.63. The highest BCUT2D eigenvalue weighted by molar-refractivity contribution is 5.81. The third-order valence-corrected chi connectivity index (χ3v) is 2.63. The van der Waals surface area contributed by atoms with E-state index in [1.165, 1.54) is 18.2 Å². The average molecular weight is 282 g/mol. The van der Waals surface area contributed by atoms with Gasteiger partial charge in [-0.1, -0.05) is 0 Å². The van der Waals surface area contributed by atoms with Crippen molar-refractivity contribution in [3.63, 3.8) is 0 Å². The fourth-order valence-corrected chi connectivity index (χ4v) is 1.70. The lowest BCUT2D eigenvalue weighted by Gasteiger charge is -2.24. The molecule has 20 heavy (non-hydrogen) atoms. The first-order valence-electron chi connectivity index (χ1n) is 6.64. The summed E-state index contributed by atoms with van der Waals surface area (Å²) in [5.74, 6) is -0.174. The van der Waals surface area contributed by atoms with Crippen molar-refractivity contribution in [3.8, 4) is 5.75 Å². The highest BCUT2D eigenvalue weighted by Crippen LogP contribution is 2.25. The first kappa shape index (κ1) is 16.4. The third kappa shape index (κ3) is 4.81. The molecule has 0 saturated heterocycles. The van der Waals surface area contributed by atoms with Crippen molar-refractivity contribution in [3.05, 3.63) is 29.6 Å². The van der Waals surface area contributed by atoms with Gasteiger partial charge in [-0.05, 0) is 52.8 Å². The molecule has 0 spiro atoms. The second-order valence-electron chi connectivity index (χ2n) is 5.97. The Labute approximate surface area is 119 Å². The summed E-state index contributed by atoms with van der Waals surface area (Å²) in [4.78, 5) is 12.0. The van der Waals surface area contributed by atoms with Crippen molar-refractivity contribution in [2.75, 3.05) is 0 Å². The van der Waals surface area contributed by atoms with Crippen LogP contribution < -0.4 is 15.8 Å². The van der Waals surface area contributed by atoms with Gasteiger partial charge in [-0.2, -0.15) is 0 Å². The Hall–Kier alpha value is -1.62. The van der Waals surface area contributed by atoms with Gasteiger partial charge in [0.1, 0.15) is 11.6 Å². The van der Waals surface area contributed by atoms with Crippen LogP contribution in [0, 0.1) is 5.82 Å². The number of amides is 1. The summed E-state index contributed by atoms with van der Waals surface area (Å²) in [6.45, 7) is 9.06. The molecule has 0 aliphatic carbocycles. The van der Waals surface area contributed by atoms with Crippen LogP contribution in [0.1, 0.15) is 46.2 Å². The lowest BCUT2D eigenvalue weighted by molar-refractivity contribution is -0.128.